The van der Waals surface area contributed by atoms with Crippen molar-refractivity contribution >= 4 is 5.91 Å². The van der Waals surface area contributed by atoms with Gasteiger partial charge in [0.1, 0.15) is 0 Å². The van der Waals surface area contributed by atoms with E-state index in [1.807, 2.05) is 25.1 Å². The van der Waals surface area contributed by atoms with Gasteiger partial charge in [-0.3, -0.25) is 4.79 Å². The van der Waals surface area contributed by atoms with Gasteiger partial charge in [-0.15, -0.1) is 0 Å². The summed E-state index contributed by atoms with van der Waals surface area (Å²) in [5.74, 6) is -0.493. The first-order valence-corrected chi connectivity index (χ1v) is 6.66. The van der Waals surface area contributed by atoms with Crippen LogP contribution in [0.1, 0.15) is 32.3 Å². The largest absolute Gasteiger partial charge is 0.378 e. The fraction of sp³-hybridized carbons (Fsp3) is 0.533. The van der Waals surface area contributed by atoms with E-state index in [4.69, 9.17) is 16.2 Å². The first-order valence-electron chi connectivity index (χ1n) is 6.66. The van der Waals surface area contributed by atoms with Gasteiger partial charge >= 0.3 is 0 Å². The van der Waals surface area contributed by atoms with Crippen molar-refractivity contribution < 1.29 is 9.53 Å². The minimum atomic E-state index is -1.00. The summed E-state index contributed by atoms with van der Waals surface area (Å²) in [5, 5.41) is 0. The monoisotopic (exact) mass is 264 g/mol. The molecule has 19 heavy (non-hydrogen) atoms. The van der Waals surface area contributed by atoms with Crippen molar-refractivity contribution in [1.82, 2.24) is 0 Å². The average Bonchev–Trinajstić information content (AvgIpc) is 2.35. The summed E-state index contributed by atoms with van der Waals surface area (Å²) < 4.78 is 5.66. The normalized spacial score (nSPS) is 15.7. The van der Waals surface area contributed by atoms with E-state index in [2.05, 4.69) is 12.1 Å². The number of hydrogen-bond acceptors (Lipinski definition) is 3. The molecule has 0 aromatic heterocycles. The summed E-state index contributed by atoms with van der Waals surface area (Å²) in [7, 11) is 0. The van der Waals surface area contributed by atoms with Crippen molar-refractivity contribution in [1.29, 1.82) is 0 Å². The topological polar surface area (TPSA) is 78.3 Å². The average molecular weight is 264 g/mol. The van der Waals surface area contributed by atoms with Crippen LogP contribution < -0.4 is 11.5 Å². The summed E-state index contributed by atoms with van der Waals surface area (Å²) in [6, 6.07) is 10.3. The molecule has 0 aliphatic heterocycles. The standard InChI is InChI=1S/C15H24N2O2/c1-12(11-15(2,17)14(16)18)19-10-6-9-13-7-4-3-5-8-13/h3-5,7-8,12H,6,9-11,17H2,1-2H3,(H2,16,18). The Bertz CT molecular complexity index is 390. The molecule has 4 heteroatoms. The van der Waals surface area contributed by atoms with Crippen LogP contribution in [-0.4, -0.2) is 24.2 Å². The van der Waals surface area contributed by atoms with Gasteiger partial charge in [0.05, 0.1) is 11.6 Å². The number of carbonyl (C=O) groups excluding carboxylic acids is 1. The Labute approximate surface area is 115 Å². The molecule has 1 amide bonds. The zero-order chi connectivity index (χ0) is 14.3. The minimum absolute atomic E-state index is 0.0710. The van der Waals surface area contributed by atoms with Crippen molar-refractivity contribution in [3.05, 3.63) is 35.9 Å². The Morgan fingerprint density at radius 2 is 2.00 bits per heavy atom. The number of nitrogens with two attached hydrogens (primary N) is 2. The molecular weight excluding hydrogens is 240 g/mol. The van der Waals surface area contributed by atoms with E-state index in [0.717, 1.165) is 12.8 Å². The molecule has 1 rings (SSSR count). The van der Waals surface area contributed by atoms with Crippen LogP contribution in [0.25, 0.3) is 0 Å². The highest BCUT2D eigenvalue weighted by molar-refractivity contribution is 5.83. The molecule has 1 aromatic carbocycles. The molecule has 0 spiro atoms. The third-order valence-electron chi connectivity index (χ3n) is 3.13. The summed E-state index contributed by atoms with van der Waals surface area (Å²) >= 11 is 0. The van der Waals surface area contributed by atoms with Crippen molar-refractivity contribution in [3.63, 3.8) is 0 Å². The van der Waals surface area contributed by atoms with Crippen molar-refractivity contribution in [2.75, 3.05) is 6.61 Å². The second-order valence-corrected chi connectivity index (χ2v) is 5.26. The third kappa shape index (κ3) is 5.85. The molecule has 0 aliphatic rings. The van der Waals surface area contributed by atoms with Crippen molar-refractivity contribution in [3.8, 4) is 0 Å². The van der Waals surface area contributed by atoms with Gasteiger partial charge in [0.15, 0.2) is 0 Å². The Morgan fingerprint density at radius 1 is 1.37 bits per heavy atom. The summed E-state index contributed by atoms with van der Waals surface area (Å²) in [5.41, 5.74) is 11.3. The van der Waals surface area contributed by atoms with Gasteiger partial charge in [-0.05, 0) is 38.7 Å². The molecule has 0 saturated carbocycles. The van der Waals surface area contributed by atoms with Crippen LogP contribution in [0.15, 0.2) is 30.3 Å². The lowest BCUT2D eigenvalue weighted by atomic mass is 9.95. The van der Waals surface area contributed by atoms with Crippen LogP contribution in [0.3, 0.4) is 0 Å². The van der Waals surface area contributed by atoms with Crippen molar-refractivity contribution in [2.24, 2.45) is 11.5 Å². The predicted molar refractivity (Wildman–Crippen MR) is 76.6 cm³/mol. The molecular formula is C15H24N2O2. The number of hydrogen-bond donors (Lipinski definition) is 2. The highest BCUT2D eigenvalue weighted by Gasteiger charge is 2.28. The molecule has 4 N–H and O–H groups in total. The lowest BCUT2D eigenvalue weighted by Gasteiger charge is -2.24. The number of amides is 1. The van der Waals surface area contributed by atoms with Gasteiger partial charge in [-0.25, -0.2) is 0 Å². The van der Waals surface area contributed by atoms with Crippen LogP contribution in [-0.2, 0) is 16.0 Å². The van der Waals surface area contributed by atoms with E-state index in [1.165, 1.54) is 5.56 Å². The Morgan fingerprint density at radius 3 is 2.58 bits per heavy atom. The van der Waals surface area contributed by atoms with Crippen LogP contribution in [0.2, 0.25) is 0 Å². The molecule has 4 nitrogen and oxygen atoms in total. The molecule has 0 fully saturated rings. The summed E-state index contributed by atoms with van der Waals surface area (Å²) in [6.45, 7) is 4.21. The molecule has 0 heterocycles. The molecule has 2 atom stereocenters. The summed E-state index contributed by atoms with van der Waals surface area (Å²) in [4.78, 5) is 11.1. The highest BCUT2D eigenvalue weighted by Crippen LogP contribution is 2.12. The molecule has 2 unspecified atom stereocenters. The van der Waals surface area contributed by atoms with Gasteiger partial charge in [0.25, 0.3) is 0 Å². The van der Waals surface area contributed by atoms with Gasteiger partial charge < -0.3 is 16.2 Å². The van der Waals surface area contributed by atoms with Crippen LogP contribution >= 0.6 is 0 Å². The lowest BCUT2D eigenvalue weighted by Crippen LogP contribution is -2.51. The predicted octanol–water partition coefficient (Wildman–Crippen LogP) is 1.62. The van der Waals surface area contributed by atoms with E-state index in [1.54, 1.807) is 6.92 Å². The van der Waals surface area contributed by atoms with Gasteiger partial charge in [0, 0.05) is 6.61 Å². The maximum atomic E-state index is 11.1. The van der Waals surface area contributed by atoms with E-state index in [0.29, 0.717) is 13.0 Å². The number of ether oxygens (including phenoxy) is 1. The Balaban J connectivity index is 2.21. The molecule has 106 valence electrons. The van der Waals surface area contributed by atoms with E-state index < -0.39 is 11.4 Å². The lowest BCUT2D eigenvalue weighted by molar-refractivity contribution is -0.124. The molecule has 0 bridgehead atoms. The third-order valence-corrected chi connectivity index (χ3v) is 3.13. The van der Waals surface area contributed by atoms with Gasteiger partial charge in [0.2, 0.25) is 5.91 Å². The highest BCUT2D eigenvalue weighted by atomic mass is 16.5. The zero-order valence-electron chi connectivity index (χ0n) is 11.8. The maximum absolute atomic E-state index is 11.1. The van der Waals surface area contributed by atoms with Crippen LogP contribution in [0.5, 0.6) is 0 Å². The second-order valence-electron chi connectivity index (χ2n) is 5.26. The molecule has 0 radical (unpaired) electrons. The zero-order valence-corrected chi connectivity index (χ0v) is 11.8. The van der Waals surface area contributed by atoms with Crippen LogP contribution in [0, 0.1) is 0 Å². The number of aryl methyl sites for hydroxylation is 1. The number of benzene rings is 1. The quantitative estimate of drug-likeness (QED) is 0.700. The van der Waals surface area contributed by atoms with E-state index in [9.17, 15) is 4.79 Å². The van der Waals surface area contributed by atoms with Gasteiger partial charge in [-0.2, -0.15) is 0 Å². The first kappa shape index (κ1) is 15.7. The fourth-order valence-electron chi connectivity index (χ4n) is 1.96. The van der Waals surface area contributed by atoms with Crippen LogP contribution in [0.4, 0.5) is 0 Å². The Kier molecular flexibility index (Phi) is 5.99. The number of rotatable bonds is 8. The molecule has 1 aromatic rings. The van der Waals surface area contributed by atoms with Gasteiger partial charge in [-0.1, -0.05) is 30.3 Å². The summed E-state index contributed by atoms with van der Waals surface area (Å²) in [6.07, 6.45) is 2.31. The minimum Gasteiger partial charge on any atom is -0.378 e. The first-order chi connectivity index (χ1) is 8.92. The maximum Gasteiger partial charge on any atom is 0.237 e. The Hall–Kier alpha value is -1.39. The number of primary amides is 1. The molecule has 0 saturated heterocycles. The fourth-order valence-corrected chi connectivity index (χ4v) is 1.96. The SMILES string of the molecule is CC(CC(C)(N)C(N)=O)OCCCc1ccccc1. The van der Waals surface area contributed by atoms with Crippen molar-refractivity contribution in [2.45, 2.75) is 44.8 Å². The number of carbonyl (C=O) groups is 1. The smallest absolute Gasteiger partial charge is 0.237 e. The van der Waals surface area contributed by atoms with E-state index >= 15 is 0 Å². The second kappa shape index (κ2) is 7.26. The molecule has 0 aliphatic carbocycles. The van der Waals surface area contributed by atoms with E-state index in [-0.39, 0.29) is 6.10 Å².